The summed E-state index contributed by atoms with van der Waals surface area (Å²) in [5.74, 6) is 1.10. The number of sulfone groups is 1. The maximum Gasteiger partial charge on any atom is 0.208 e. The first-order chi connectivity index (χ1) is 30.0. The van der Waals surface area contributed by atoms with Crippen LogP contribution in [-0.4, -0.2) is 28.4 Å². The van der Waals surface area contributed by atoms with Gasteiger partial charge in [-0.3, -0.25) is 0 Å². The number of nitrogens with zero attached hydrogens (tertiary/aromatic N) is 4. The molecule has 0 N–H and O–H groups in total. The Hall–Kier alpha value is -7.87. The number of hydrogen-bond acceptors (Lipinski definition) is 6. The van der Waals surface area contributed by atoms with E-state index in [1.54, 1.807) is 24.5 Å². The minimum atomic E-state index is -4.15. The van der Waals surface area contributed by atoms with Gasteiger partial charge in [0, 0.05) is 51.2 Å². The van der Waals surface area contributed by atoms with Crippen molar-refractivity contribution in [3.63, 3.8) is 0 Å². The Labute approximate surface area is 353 Å². The molecule has 7 heteroatoms. The molecule has 3 heterocycles. The summed E-state index contributed by atoms with van der Waals surface area (Å²) in [6.45, 7) is 0. The highest BCUT2D eigenvalue weighted by molar-refractivity contribution is 7.92. The van der Waals surface area contributed by atoms with Crippen molar-refractivity contribution >= 4 is 20.6 Å². The highest BCUT2D eigenvalue weighted by atomic mass is 32.2. The van der Waals surface area contributed by atoms with E-state index < -0.39 is 9.84 Å². The normalized spacial score (nSPS) is 12.5. The SMILES string of the molecule is O=S1(=O)c2ccccc2-c2ccccc2-c2ccccc2-c2ccc(-c3nc(-c4ccccc4)cc(-c4cnc(-c5ccccc5)nc4)n3)cc2-c2ccc3ccccc3c21. The molecule has 0 atom stereocenters. The first-order valence-corrected chi connectivity index (χ1v) is 21.5. The second-order valence-electron chi connectivity index (χ2n) is 15.0. The number of benzene rings is 8. The molecule has 288 valence electrons. The fraction of sp³-hybridized carbons (Fsp3) is 0. The number of rotatable bonds is 4. The molecule has 0 spiro atoms. The Kier molecular flexibility index (Phi) is 8.76. The lowest BCUT2D eigenvalue weighted by Crippen LogP contribution is -2.07. The van der Waals surface area contributed by atoms with Crippen molar-refractivity contribution < 1.29 is 8.42 Å². The summed E-state index contributed by atoms with van der Waals surface area (Å²) in [6.07, 6.45) is 3.59. The van der Waals surface area contributed by atoms with Crippen molar-refractivity contribution in [1.82, 2.24) is 19.9 Å². The van der Waals surface area contributed by atoms with Gasteiger partial charge in [0.05, 0.1) is 21.2 Å². The average molecular weight is 803 g/mol. The molecule has 0 bridgehead atoms. The minimum absolute atomic E-state index is 0.251. The van der Waals surface area contributed by atoms with Crippen LogP contribution < -0.4 is 0 Å². The molecular weight excluding hydrogens is 769 g/mol. The van der Waals surface area contributed by atoms with Crippen LogP contribution in [0.2, 0.25) is 0 Å². The van der Waals surface area contributed by atoms with Crippen LogP contribution in [0.3, 0.4) is 0 Å². The van der Waals surface area contributed by atoms with E-state index in [0.29, 0.717) is 33.9 Å². The molecule has 10 aromatic rings. The van der Waals surface area contributed by atoms with Gasteiger partial charge < -0.3 is 0 Å². The van der Waals surface area contributed by atoms with Crippen LogP contribution in [0.5, 0.6) is 0 Å². The highest BCUT2D eigenvalue weighted by Gasteiger charge is 2.31. The van der Waals surface area contributed by atoms with Crippen molar-refractivity contribution in [3.05, 3.63) is 207 Å². The maximum atomic E-state index is 15.6. The third kappa shape index (κ3) is 6.31. The van der Waals surface area contributed by atoms with Gasteiger partial charge in [0.25, 0.3) is 0 Å². The molecule has 0 radical (unpaired) electrons. The lowest BCUT2D eigenvalue weighted by atomic mass is 9.85. The minimum Gasteiger partial charge on any atom is -0.236 e. The largest absolute Gasteiger partial charge is 0.236 e. The molecule has 0 amide bonds. The zero-order chi connectivity index (χ0) is 40.9. The fourth-order valence-corrected chi connectivity index (χ4v) is 10.4. The van der Waals surface area contributed by atoms with E-state index in [1.807, 2.05) is 158 Å². The summed E-state index contributed by atoms with van der Waals surface area (Å²) in [5.41, 5.74) is 11.3. The van der Waals surface area contributed by atoms with E-state index in [1.165, 1.54) is 0 Å². The molecule has 0 saturated carbocycles. The number of fused-ring (bicyclic) bond motifs is 11. The summed E-state index contributed by atoms with van der Waals surface area (Å²) < 4.78 is 31.2. The molecule has 0 aliphatic carbocycles. The van der Waals surface area contributed by atoms with Gasteiger partial charge in [0.2, 0.25) is 9.84 Å². The van der Waals surface area contributed by atoms with Crippen LogP contribution in [0.4, 0.5) is 0 Å². The van der Waals surface area contributed by atoms with Crippen LogP contribution in [0.15, 0.2) is 216 Å². The van der Waals surface area contributed by atoms with E-state index in [9.17, 15) is 0 Å². The molecule has 11 rings (SSSR count). The molecule has 1 aliphatic rings. The van der Waals surface area contributed by atoms with Gasteiger partial charge in [-0.05, 0) is 57.0 Å². The lowest BCUT2D eigenvalue weighted by molar-refractivity contribution is 0.597. The van der Waals surface area contributed by atoms with Gasteiger partial charge in [0.1, 0.15) is 0 Å². The molecule has 2 aromatic heterocycles. The fourth-order valence-electron chi connectivity index (χ4n) is 8.50. The molecule has 6 nitrogen and oxygen atoms in total. The molecule has 8 aromatic carbocycles. The van der Waals surface area contributed by atoms with Crippen LogP contribution >= 0.6 is 0 Å². The second kappa shape index (κ2) is 14.7. The van der Waals surface area contributed by atoms with E-state index in [0.717, 1.165) is 66.7 Å². The Morgan fingerprint density at radius 3 is 1.52 bits per heavy atom. The topological polar surface area (TPSA) is 85.7 Å². The third-order valence-electron chi connectivity index (χ3n) is 11.4. The lowest BCUT2D eigenvalue weighted by Gasteiger charge is -2.19. The Bertz CT molecular complexity index is 3430. The first kappa shape index (κ1) is 36.2. The Morgan fingerprint density at radius 2 is 0.852 bits per heavy atom. The molecule has 0 saturated heterocycles. The monoisotopic (exact) mass is 802 g/mol. The van der Waals surface area contributed by atoms with Crippen LogP contribution in [-0.2, 0) is 9.84 Å². The predicted octanol–water partition coefficient (Wildman–Crippen LogP) is 12.9. The second-order valence-corrected chi connectivity index (χ2v) is 16.9. The molecule has 1 aliphatic heterocycles. The van der Waals surface area contributed by atoms with Gasteiger partial charge in [-0.15, -0.1) is 0 Å². The Balaban J connectivity index is 1.20. The van der Waals surface area contributed by atoms with Gasteiger partial charge >= 0.3 is 0 Å². The van der Waals surface area contributed by atoms with Crippen molar-refractivity contribution in [1.29, 1.82) is 0 Å². The van der Waals surface area contributed by atoms with E-state index in [-0.39, 0.29) is 9.79 Å². The zero-order valence-electron chi connectivity index (χ0n) is 32.6. The van der Waals surface area contributed by atoms with Gasteiger partial charge in [-0.25, -0.2) is 28.4 Å². The van der Waals surface area contributed by atoms with Crippen LogP contribution in [0.1, 0.15) is 0 Å². The number of hydrogen-bond donors (Lipinski definition) is 0. The molecule has 61 heavy (non-hydrogen) atoms. The van der Waals surface area contributed by atoms with E-state index >= 15 is 8.42 Å². The van der Waals surface area contributed by atoms with Crippen LogP contribution in [0.25, 0.3) is 101 Å². The van der Waals surface area contributed by atoms with E-state index in [2.05, 4.69) is 24.3 Å². The Morgan fingerprint density at radius 1 is 0.344 bits per heavy atom. The van der Waals surface area contributed by atoms with E-state index in [4.69, 9.17) is 19.9 Å². The van der Waals surface area contributed by atoms with Gasteiger partial charge in [-0.1, -0.05) is 176 Å². The highest BCUT2D eigenvalue weighted by Crippen LogP contribution is 2.48. The van der Waals surface area contributed by atoms with Crippen molar-refractivity contribution in [2.75, 3.05) is 0 Å². The molecule has 0 fully saturated rings. The number of aromatic nitrogens is 4. The molecule has 0 unspecified atom stereocenters. The summed E-state index contributed by atoms with van der Waals surface area (Å²) in [5, 5.41) is 1.48. The van der Waals surface area contributed by atoms with Gasteiger partial charge in [-0.2, -0.15) is 0 Å². The summed E-state index contributed by atoms with van der Waals surface area (Å²) in [4.78, 5) is 20.3. The summed E-state index contributed by atoms with van der Waals surface area (Å²) >= 11 is 0. The third-order valence-corrected chi connectivity index (χ3v) is 13.3. The van der Waals surface area contributed by atoms with Crippen molar-refractivity contribution in [3.8, 4) is 89.8 Å². The summed E-state index contributed by atoms with van der Waals surface area (Å²) in [7, 11) is -4.15. The van der Waals surface area contributed by atoms with Gasteiger partial charge in [0.15, 0.2) is 11.6 Å². The average Bonchev–Trinajstić information content (AvgIpc) is 3.34. The zero-order valence-corrected chi connectivity index (χ0v) is 33.5. The maximum absolute atomic E-state index is 15.6. The first-order valence-electron chi connectivity index (χ1n) is 20.0. The molecular formula is C54H34N4O2S. The predicted molar refractivity (Wildman–Crippen MR) is 244 cm³/mol. The van der Waals surface area contributed by atoms with Crippen molar-refractivity contribution in [2.45, 2.75) is 9.79 Å². The smallest absolute Gasteiger partial charge is 0.208 e. The standard InChI is InChI=1S/C54H34N4O2S/c59-61(60)51-26-14-13-25-46(51)44-24-12-11-22-42(44)41-21-9-10-23-43(41)45-29-28-38(31-48(45)47-30-27-35-15-7-8-20-40(35)52(47)61)54-57-49(36-16-3-1-4-17-36)32-50(58-54)39-33-55-53(56-34-39)37-18-5-2-6-19-37/h1-34H. The van der Waals surface area contributed by atoms with Crippen molar-refractivity contribution in [2.24, 2.45) is 0 Å². The van der Waals surface area contributed by atoms with Crippen LogP contribution in [0, 0.1) is 0 Å². The summed E-state index contributed by atoms with van der Waals surface area (Å²) in [6, 6.07) is 63.4. The quantitative estimate of drug-likeness (QED) is 0.176.